The van der Waals surface area contributed by atoms with Gasteiger partial charge in [0.05, 0.1) is 19.3 Å². The van der Waals surface area contributed by atoms with Gasteiger partial charge in [-0.25, -0.2) is 0 Å². The van der Waals surface area contributed by atoms with E-state index in [4.69, 9.17) is 10.2 Å². The number of amides is 1. The van der Waals surface area contributed by atoms with Gasteiger partial charge in [0.15, 0.2) is 0 Å². The second-order valence-corrected chi connectivity index (χ2v) is 4.36. The molecule has 1 aromatic carbocycles. The monoisotopic (exact) mass is 285 g/mol. The fourth-order valence-electron chi connectivity index (χ4n) is 1.65. The van der Waals surface area contributed by atoms with Crippen molar-refractivity contribution in [2.24, 2.45) is 0 Å². The maximum atomic E-state index is 11.9. The number of aliphatic hydroxyl groups excluding tert-OH is 5. The van der Waals surface area contributed by atoms with Crippen LogP contribution in [0, 0.1) is 0 Å². The number of nitrogens with one attached hydrogen (secondary N) is 1. The van der Waals surface area contributed by atoms with Crippen LogP contribution >= 0.6 is 0 Å². The average molecular weight is 285 g/mol. The Morgan fingerprint density at radius 1 is 1.00 bits per heavy atom. The molecule has 0 unspecified atom stereocenters. The van der Waals surface area contributed by atoms with Crippen molar-refractivity contribution in [3.05, 3.63) is 35.9 Å². The van der Waals surface area contributed by atoms with E-state index in [0.29, 0.717) is 5.56 Å². The lowest BCUT2D eigenvalue weighted by atomic mass is 10.0. The molecule has 4 atom stereocenters. The normalized spacial score (nSPS) is 17.1. The fourth-order valence-corrected chi connectivity index (χ4v) is 1.65. The molecule has 1 aromatic rings. The van der Waals surface area contributed by atoms with E-state index in [9.17, 15) is 20.1 Å². The van der Waals surface area contributed by atoms with Crippen LogP contribution < -0.4 is 5.32 Å². The van der Waals surface area contributed by atoms with E-state index in [1.54, 1.807) is 30.3 Å². The van der Waals surface area contributed by atoms with E-state index < -0.39 is 43.5 Å². The quantitative estimate of drug-likeness (QED) is 0.339. The molecule has 20 heavy (non-hydrogen) atoms. The number of rotatable bonds is 7. The highest BCUT2D eigenvalue weighted by molar-refractivity contribution is 5.94. The number of carbonyl (C=O) groups is 1. The molecule has 0 aliphatic carbocycles. The number of hydrogen-bond donors (Lipinski definition) is 6. The standard InChI is InChI=1S/C13H19NO6/c15-6-9(11(18)12(19)10(17)7-16)14-13(20)8-4-2-1-3-5-8/h1-5,9-12,15-19H,6-7H2,(H,14,20)/t9-,10+,11+,12+/m0/s1. The SMILES string of the molecule is O=C(N[C@@H](CO)[C@@H](O)[C@H](O)[C@H](O)CO)c1ccccc1. The molecule has 7 heteroatoms. The molecule has 0 aromatic heterocycles. The second kappa shape index (κ2) is 7.93. The molecule has 0 saturated heterocycles. The Bertz CT molecular complexity index is 413. The van der Waals surface area contributed by atoms with Crippen molar-refractivity contribution in [2.45, 2.75) is 24.4 Å². The van der Waals surface area contributed by atoms with Crippen LogP contribution in [0.2, 0.25) is 0 Å². The molecule has 0 radical (unpaired) electrons. The Kier molecular flexibility index (Phi) is 6.56. The first-order chi connectivity index (χ1) is 9.51. The molecular weight excluding hydrogens is 266 g/mol. The van der Waals surface area contributed by atoms with E-state index in [1.807, 2.05) is 0 Å². The first kappa shape index (κ1) is 16.5. The molecule has 0 aliphatic rings. The maximum Gasteiger partial charge on any atom is 0.251 e. The predicted molar refractivity (Wildman–Crippen MR) is 69.9 cm³/mol. The summed E-state index contributed by atoms with van der Waals surface area (Å²) in [5.41, 5.74) is 0.329. The Morgan fingerprint density at radius 2 is 1.60 bits per heavy atom. The minimum absolute atomic E-state index is 0.329. The molecular formula is C13H19NO6. The van der Waals surface area contributed by atoms with Crippen molar-refractivity contribution >= 4 is 5.91 Å². The average Bonchev–Trinajstić information content (AvgIpc) is 2.50. The number of carbonyl (C=O) groups excluding carboxylic acids is 1. The predicted octanol–water partition coefficient (Wildman–Crippen LogP) is -2.15. The third kappa shape index (κ3) is 4.26. The van der Waals surface area contributed by atoms with E-state index >= 15 is 0 Å². The van der Waals surface area contributed by atoms with Crippen LogP contribution in [0.3, 0.4) is 0 Å². The zero-order chi connectivity index (χ0) is 15.1. The zero-order valence-electron chi connectivity index (χ0n) is 10.8. The number of aliphatic hydroxyl groups is 5. The summed E-state index contributed by atoms with van der Waals surface area (Å²) >= 11 is 0. The lowest BCUT2D eigenvalue weighted by Crippen LogP contribution is -2.54. The summed E-state index contributed by atoms with van der Waals surface area (Å²) in [6.45, 7) is -1.38. The molecule has 1 rings (SSSR count). The van der Waals surface area contributed by atoms with Crippen molar-refractivity contribution in [2.75, 3.05) is 13.2 Å². The Morgan fingerprint density at radius 3 is 2.10 bits per heavy atom. The first-order valence-electron chi connectivity index (χ1n) is 6.13. The van der Waals surface area contributed by atoms with E-state index in [1.165, 1.54) is 0 Å². The van der Waals surface area contributed by atoms with Gasteiger partial charge in [0.1, 0.15) is 18.3 Å². The third-order valence-electron chi connectivity index (χ3n) is 2.89. The summed E-state index contributed by atoms with van der Waals surface area (Å²) in [5.74, 6) is -0.533. The van der Waals surface area contributed by atoms with Crippen molar-refractivity contribution in [3.8, 4) is 0 Å². The van der Waals surface area contributed by atoms with Crippen LogP contribution in [0.25, 0.3) is 0 Å². The summed E-state index contributed by atoms with van der Waals surface area (Å²) < 4.78 is 0. The minimum Gasteiger partial charge on any atom is -0.394 e. The van der Waals surface area contributed by atoms with Gasteiger partial charge < -0.3 is 30.8 Å². The van der Waals surface area contributed by atoms with Gasteiger partial charge in [-0.1, -0.05) is 18.2 Å². The van der Waals surface area contributed by atoms with Crippen LogP contribution in [0.15, 0.2) is 30.3 Å². The molecule has 0 spiro atoms. The van der Waals surface area contributed by atoms with Gasteiger partial charge in [-0.05, 0) is 12.1 Å². The van der Waals surface area contributed by atoms with E-state index in [-0.39, 0.29) is 0 Å². The summed E-state index contributed by atoms with van der Waals surface area (Å²) in [6, 6.07) is 6.98. The van der Waals surface area contributed by atoms with Gasteiger partial charge >= 0.3 is 0 Å². The smallest absolute Gasteiger partial charge is 0.251 e. The van der Waals surface area contributed by atoms with Crippen molar-refractivity contribution in [1.29, 1.82) is 0 Å². The van der Waals surface area contributed by atoms with Crippen LogP contribution in [0.5, 0.6) is 0 Å². The summed E-state index contributed by atoms with van der Waals surface area (Å²) in [6.07, 6.45) is -4.87. The van der Waals surface area contributed by atoms with Gasteiger partial charge in [-0.3, -0.25) is 4.79 Å². The van der Waals surface area contributed by atoms with Gasteiger partial charge in [0.25, 0.3) is 5.91 Å². The van der Waals surface area contributed by atoms with Gasteiger partial charge in [-0.2, -0.15) is 0 Å². The molecule has 112 valence electrons. The van der Waals surface area contributed by atoms with Crippen LogP contribution in [-0.4, -0.2) is 69.0 Å². The van der Waals surface area contributed by atoms with E-state index in [0.717, 1.165) is 0 Å². The lowest BCUT2D eigenvalue weighted by molar-refractivity contribution is -0.0904. The molecule has 7 nitrogen and oxygen atoms in total. The van der Waals surface area contributed by atoms with Crippen LogP contribution in [0.4, 0.5) is 0 Å². The summed E-state index contributed by atoms with van der Waals surface area (Å²) in [7, 11) is 0. The highest BCUT2D eigenvalue weighted by atomic mass is 16.4. The van der Waals surface area contributed by atoms with Gasteiger partial charge in [-0.15, -0.1) is 0 Å². The second-order valence-electron chi connectivity index (χ2n) is 4.36. The lowest BCUT2D eigenvalue weighted by Gasteiger charge is -2.28. The fraction of sp³-hybridized carbons (Fsp3) is 0.462. The maximum absolute atomic E-state index is 11.9. The third-order valence-corrected chi connectivity index (χ3v) is 2.89. The Labute approximate surface area is 116 Å². The highest BCUT2D eigenvalue weighted by Crippen LogP contribution is 2.06. The number of hydrogen-bond acceptors (Lipinski definition) is 6. The van der Waals surface area contributed by atoms with Crippen LogP contribution in [-0.2, 0) is 0 Å². The molecule has 0 fully saturated rings. The number of benzene rings is 1. The van der Waals surface area contributed by atoms with Crippen molar-refractivity contribution in [1.82, 2.24) is 5.32 Å². The summed E-state index contributed by atoms with van der Waals surface area (Å²) in [5, 5.41) is 48.8. The van der Waals surface area contributed by atoms with Crippen molar-refractivity contribution in [3.63, 3.8) is 0 Å². The molecule has 6 N–H and O–H groups in total. The highest BCUT2D eigenvalue weighted by Gasteiger charge is 2.31. The Balaban J connectivity index is 2.69. The largest absolute Gasteiger partial charge is 0.394 e. The molecule has 0 heterocycles. The van der Waals surface area contributed by atoms with Crippen molar-refractivity contribution < 1.29 is 30.3 Å². The van der Waals surface area contributed by atoms with Gasteiger partial charge in [0.2, 0.25) is 0 Å². The zero-order valence-corrected chi connectivity index (χ0v) is 10.8. The molecule has 0 aliphatic heterocycles. The van der Waals surface area contributed by atoms with E-state index in [2.05, 4.69) is 5.32 Å². The minimum atomic E-state index is -1.69. The summed E-state index contributed by atoms with van der Waals surface area (Å²) in [4.78, 5) is 11.9. The first-order valence-corrected chi connectivity index (χ1v) is 6.13. The Hall–Kier alpha value is -1.51. The molecule has 0 saturated carbocycles. The van der Waals surface area contributed by atoms with Gasteiger partial charge in [0, 0.05) is 5.56 Å². The van der Waals surface area contributed by atoms with Crippen LogP contribution in [0.1, 0.15) is 10.4 Å². The molecule has 0 bridgehead atoms. The topological polar surface area (TPSA) is 130 Å². The molecule has 1 amide bonds.